The monoisotopic (exact) mass is 711 g/mol. The predicted molar refractivity (Wildman–Crippen MR) is 158 cm³/mol. The highest BCUT2D eigenvalue weighted by atomic mass is 79.9. The number of para-hydroxylation sites is 1. The number of alkyl halides is 6. The van der Waals surface area contributed by atoms with Crippen molar-refractivity contribution in [2.45, 2.75) is 8.59 Å². The topological polar surface area (TPSA) is 0 Å². The van der Waals surface area contributed by atoms with E-state index in [-0.39, 0.29) is 17.0 Å². The average molecular weight is 716 g/mol. The van der Waals surface area contributed by atoms with Gasteiger partial charge in [0.2, 0.25) is 0 Å². The normalized spacial score (nSPS) is 17.1. The molecule has 0 bridgehead atoms. The van der Waals surface area contributed by atoms with Crippen LogP contribution in [0.2, 0.25) is 0 Å². The smallest absolute Gasteiger partial charge is 0.426 e. The number of nitrogens with zero attached hydrogens (tertiary/aromatic N) is 1. The van der Waals surface area contributed by atoms with E-state index in [9.17, 15) is 0 Å². The van der Waals surface area contributed by atoms with Crippen molar-refractivity contribution in [3.63, 3.8) is 0 Å². The summed E-state index contributed by atoms with van der Waals surface area (Å²) in [6.07, 6.45) is 0. The van der Waals surface area contributed by atoms with E-state index in [4.69, 9.17) is 69.6 Å². The lowest BCUT2D eigenvalue weighted by molar-refractivity contribution is -0.00000573. The third kappa shape index (κ3) is 7.65. The van der Waals surface area contributed by atoms with Gasteiger partial charge in [-0.15, -0.1) is 0 Å². The summed E-state index contributed by atoms with van der Waals surface area (Å²) >= 11 is 33.1. The Balaban J connectivity index is 0.000000529. The Labute approximate surface area is 246 Å². The number of halogens is 8. The van der Waals surface area contributed by atoms with Gasteiger partial charge in [-0.3, -0.25) is 0 Å². The van der Waals surface area contributed by atoms with Crippen LogP contribution >= 0.6 is 92.5 Å². The van der Waals surface area contributed by atoms with E-state index in [0.717, 1.165) is 4.39 Å². The molecule has 1 atom stereocenters. The van der Waals surface area contributed by atoms with Gasteiger partial charge in [-0.2, -0.15) is 0 Å². The minimum absolute atomic E-state index is 0. The van der Waals surface area contributed by atoms with Crippen LogP contribution in [-0.4, -0.2) is 28.1 Å². The Kier molecular flexibility index (Phi) is 14.0. The molecular formula is C22H23BBr2Cl6NP. The van der Waals surface area contributed by atoms with Gasteiger partial charge in [0, 0.05) is 21.2 Å². The van der Waals surface area contributed by atoms with Crippen molar-refractivity contribution in [2.24, 2.45) is 0 Å². The first-order chi connectivity index (χ1) is 15.1. The molecule has 0 N–H and O–H groups in total. The van der Waals surface area contributed by atoms with E-state index in [0.29, 0.717) is 0 Å². The third-order valence-electron chi connectivity index (χ3n) is 5.38. The summed E-state index contributed by atoms with van der Waals surface area (Å²) < 4.78 is -0.562. The van der Waals surface area contributed by atoms with Gasteiger partial charge < -0.3 is 21.4 Å². The van der Waals surface area contributed by atoms with Gasteiger partial charge in [0.25, 0.3) is 0 Å². The van der Waals surface area contributed by atoms with Crippen molar-refractivity contribution in [1.82, 2.24) is 4.39 Å². The Morgan fingerprint density at radius 1 is 0.667 bits per heavy atom. The molecule has 0 aromatic heterocycles. The first-order valence-corrected chi connectivity index (χ1v) is 15.4. The Morgan fingerprint density at radius 2 is 1.00 bits per heavy atom. The van der Waals surface area contributed by atoms with Crippen molar-refractivity contribution in [1.29, 1.82) is 0 Å². The van der Waals surface area contributed by atoms with Crippen LogP contribution in [0.4, 0.5) is 5.69 Å². The first-order valence-electron chi connectivity index (χ1n) is 9.65. The second-order valence-corrected chi connectivity index (χ2v) is 17.2. The lowest BCUT2D eigenvalue weighted by Crippen LogP contribution is -3.00. The van der Waals surface area contributed by atoms with Crippen LogP contribution in [0.25, 0.3) is 0 Å². The molecule has 0 aliphatic carbocycles. The summed E-state index contributed by atoms with van der Waals surface area (Å²) in [5, 5.41) is 3.78. The first kappa shape index (κ1) is 31.8. The van der Waals surface area contributed by atoms with Crippen molar-refractivity contribution in [3.8, 4) is 0 Å². The molecule has 1 aliphatic rings. The zero-order chi connectivity index (χ0) is 23.9. The van der Waals surface area contributed by atoms with Gasteiger partial charge in [-0.25, -0.2) is 15.8 Å². The second kappa shape index (κ2) is 14.5. The zero-order valence-electron chi connectivity index (χ0n) is 17.9. The van der Waals surface area contributed by atoms with E-state index in [1.54, 1.807) is 0 Å². The van der Waals surface area contributed by atoms with Crippen molar-refractivity contribution in [3.05, 3.63) is 84.9 Å². The molecule has 1 heterocycles. The predicted octanol–water partition coefficient (Wildman–Crippen LogP) is 4.65. The highest BCUT2D eigenvalue weighted by Gasteiger charge is 2.61. The van der Waals surface area contributed by atoms with Crippen LogP contribution < -0.4 is 37.3 Å². The molecule has 4 rings (SSSR count). The van der Waals surface area contributed by atoms with E-state index in [2.05, 4.69) is 115 Å². The minimum Gasteiger partial charge on any atom is -1.00 e. The average Bonchev–Trinajstić information content (AvgIpc) is 2.93. The van der Waals surface area contributed by atoms with Crippen molar-refractivity contribution in [2.75, 3.05) is 14.1 Å². The molecule has 1 nitrogen and oxygen atoms in total. The molecule has 0 spiro atoms. The molecule has 0 saturated carbocycles. The molecule has 11 heteroatoms. The van der Waals surface area contributed by atoms with E-state index < -0.39 is 21.1 Å². The molecule has 0 unspecified atom stereocenters. The quantitative estimate of drug-likeness (QED) is 0.206. The third-order valence-corrected chi connectivity index (χ3v) is 13.9. The van der Waals surface area contributed by atoms with E-state index >= 15 is 0 Å². The molecule has 0 amide bonds. The van der Waals surface area contributed by atoms with Gasteiger partial charge in [-0.1, -0.05) is 118 Å². The van der Waals surface area contributed by atoms with E-state index in [1.165, 1.54) is 21.6 Å². The van der Waals surface area contributed by atoms with Gasteiger partial charge in [-0.05, 0) is 36.4 Å². The number of benzene rings is 3. The minimum atomic E-state index is -1.68. The molecule has 0 saturated heterocycles. The van der Waals surface area contributed by atoms with Crippen LogP contribution in [-0.2, 0) is 0 Å². The fraction of sp³-hybridized carbons (Fsp3) is 0.182. The number of rotatable bonds is 2. The molecular weight excluding hydrogens is 693 g/mol. The maximum Gasteiger partial charge on any atom is 0.426 e. The van der Waals surface area contributed by atoms with Crippen LogP contribution in [0.15, 0.2) is 84.9 Å². The Hall–Kier alpha value is 0.815. The SMILES string of the molecule is C[N+]1(C)[B@@H-](Br)[P+](c2ccccc2)(c2ccccc2)c2ccccc21.ClC(Cl)Cl.ClC(Cl)Cl.[Br-]. The van der Waals surface area contributed by atoms with Gasteiger partial charge in [0.05, 0.1) is 10.6 Å². The summed E-state index contributed by atoms with van der Waals surface area (Å²) in [6.45, 7) is 0. The molecule has 0 fully saturated rings. The largest absolute Gasteiger partial charge is 1.00 e. The highest BCUT2D eigenvalue weighted by Crippen LogP contribution is 2.67. The molecule has 1 aliphatic heterocycles. The summed E-state index contributed by atoms with van der Waals surface area (Å²) in [7, 11) is 3.01. The number of fused-ring (bicyclic) bond motifs is 1. The lowest BCUT2D eigenvalue weighted by atomic mass is 10.1. The van der Waals surface area contributed by atoms with Crippen LogP contribution in [0.3, 0.4) is 0 Å². The molecule has 3 aromatic carbocycles. The summed E-state index contributed by atoms with van der Waals surface area (Å²) in [5.74, 6) is 0. The second-order valence-electron chi connectivity index (χ2n) is 7.53. The molecule has 3 aromatic rings. The summed E-state index contributed by atoms with van der Waals surface area (Å²) in [5.41, 5.74) is 1.45. The molecule has 0 radical (unpaired) electrons. The number of hydrogen-bond donors (Lipinski definition) is 0. The number of hydrogen-bond acceptors (Lipinski definition) is 0. The molecule has 180 valence electrons. The van der Waals surface area contributed by atoms with Crippen LogP contribution in [0.1, 0.15) is 0 Å². The maximum absolute atomic E-state index is 4.81. The van der Waals surface area contributed by atoms with Crippen molar-refractivity contribution < 1.29 is 17.0 Å². The van der Waals surface area contributed by atoms with Crippen LogP contribution in [0.5, 0.6) is 0 Å². The molecule has 33 heavy (non-hydrogen) atoms. The Morgan fingerprint density at radius 3 is 1.39 bits per heavy atom. The highest BCUT2D eigenvalue weighted by molar-refractivity contribution is 9.28. The van der Waals surface area contributed by atoms with Gasteiger partial charge >= 0.3 is 5.39 Å². The van der Waals surface area contributed by atoms with Gasteiger partial charge in [0.1, 0.15) is 11.0 Å². The number of quaternary nitrogens is 1. The van der Waals surface area contributed by atoms with E-state index in [1.807, 2.05) is 0 Å². The fourth-order valence-electron chi connectivity index (χ4n) is 4.20. The standard InChI is InChI=1S/C20H21BBrNP.2CHCl3.BrH/c1-23(2)19-15-9-10-16-20(19)24(21(23)22,17-11-5-3-6-12-17)18-13-7-4-8-14-18;2*2-1(3)4;/h3-16,21H,1-2H3;2*1H;1H/q+1;;;/p-1/t21-;;;/m1.../s1. The zero-order valence-corrected chi connectivity index (χ0v) is 26.5. The summed E-state index contributed by atoms with van der Waals surface area (Å²) in [6, 6.07) is 31.3. The van der Waals surface area contributed by atoms with Crippen LogP contribution in [0, 0.1) is 0 Å². The van der Waals surface area contributed by atoms with Crippen molar-refractivity contribution >= 4 is 119 Å². The van der Waals surface area contributed by atoms with Gasteiger partial charge in [0.15, 0.2) is 8.59 Å². The maximum atomic E-state index is 4.81. The summed E-state index contributed by atoms with van der Waals surface area (Å²) in [4.78, 5) is 0. The Bertz CT molecular complexity index is 932. The lowest BCUT2D eigenvalue weighted by Gasteiger charge is -2.38. The fourth-order valence-corrected chi connectivity index (χ4v) is 12.4.